The largest absolute Gasteiger partial charge is 0.497 e. The summed E-state index contributed by atoms with van der Waals surface area (Å²) in [4.78, 5) is 11.1. The van der Waals surface area contributed by atoms with Crippen molar-refractivity contribution >= 4 is 27.3 Å². The van der Waals surface area contributed by atoms with E-state index >= 15 is 0 Å². The maximum absolute atomic E-state index is 12.2. The van der Waals surface area contributed by atoms with Gasteiger partial charge in [-0.15, -0.1) is 0 Å². The van der Waals surface area contributed by atoms with Crippen LogP contribution < -0.4 is 14.8 Å². The highest BCUT2D eigenvalue weighted by Crippen LogP contribution is 2.17. The summed E-state index contributed by atoms with van der Waals surface area (Å²) in [5.41, 5.74) is 1.83. The Kier molecular flexibility index (Phi) is 5.81. The van der Waals surface area contributed by atoms with Gasteiger partial charge in [0.05, 0.1) is 18.6 Å². The Balaban J connectivity index is 2.01. The van der Waals surface area contributed by atoms with Gasteiger partial charge in [0.2, 0.25) is 15.9 Å². The Morgan fingerprint density at radius 1 is 1.08 bits per heavy atom. The van der Waals surface area contributed by atoms with Crippen molar-refractivity contribution in [3.63, 3.8) is 0 Å². The average molecular weight is 348 g/mol. The predicted octanol–water partition coefficient (Wildman–Crippen LogP) is 2.64. The highest BCUT2D eigenvalue weighted by molar-refractivity contribution is 7.92. The molecule has 128 valence electrons. The molecule has 0 aliphatic carbocycles. The third-order valence-electron chi connectivity index (χ3n) is 3.25. The number of nitrogens with one attached hydrogen (secondary N) is 2. The number of amides is 1. The number of carbonyl (C=O) groups excluding carboxylic acids is 1. The molecule has 6 nitrogen and oxygen atoms in total. The predicted molar refractivity (Wildman–Crippen MR) is 94.9 cm³/mol. The summed E-state index contributed by atoms with van der Waals surface area (Å²) >= 11 is 0. The molecule has 0 unspecified atom stereocenters. The number of aryl methyl sites for hydroxylation is 1. The van der Waals surface area contributed by atoms with Crippen molar-refractivity contribution in [1.82, 2.24) is 0 Å². The zero-order valence-electron chi connectivity index (χ0n) is 13.6. The van der Waals surface area contributed by atoms with E-state index in [1.54, 1.807) is 31.4 Å². The fourth-order valence-corrected chi connectivity index (χ4v) is 3.27. The van der Waals surface area contributed by atoms with E-state index in [-0.39, 0.29) is 11.7 Å². The second kappa shape index (κ2) is 7.83. The second-order valence-corrected chi connectivity index (χ2v) is 7.13. The summed E-state index contributed by atoms with van der Waals surface area (Å²) in [6, 6.07) is 13.9. The molecule has 0 fully saturated rings. The molecule has 0 saturated heterocycles. The first-order valence-corrected chi connectivity index (χ1v) is 9.04. The van der Waals surface area contributed by atoms with E-state index in [1.807, 2.05) is 24.3 Å². The molecule has 7 heteroatoms. The molecule has 24 heavy (non-hydrogen) atoms. The van der Waals surface area contributed by atoms with Gasteiger partial charge < -0.3 is 10.1 Å². The van der Waals surface area contributed by atoms with Gasteiger partial charge in [0, 0.05) is 12.6 Å². The maximum Gasteiger partial charge on any atom is 0.233 e. The molecule has 0 heterocycles. The highest BCUT2D eigenvalue weighted by Gasteiger charge is 2.11. The standard InChI is InChI=1S/C17H20N2O4S/c1-13(20)18-15-6-4-7-16(12-15)19-24(21,22)10-9-14-5-3-8-17(11-14)23-2/h3-8,11-12,19H,9-10H2,1-2H3,(H,18,20). The van der Waals surface area contributed by atoms with E-state index < -0.39 is 10.0 Å². The van der Waals surface area contributed by atoms with Crippen LogP contribution in [-0.4, -0.2) is 27.2 Å². The molecule has 0 bridgehead atoms. The van der Waals surface area contributed by atoms with Crippen LogP contribution in [-0.2, 0) is 21.2 Å². The zero-order chi connectivity index (χ0) is 17.6. The SMILES string of the molecule is COc1cccc(CCS(=O)(=O)Nc2cccc(NC(C)=O)c2)c1. The summed E-state index contributed by atoms with van der Waals surface area (Å²) in [5, 5.41) is 2.61. The fraction of sp³-hybridized carbons (Fsp3) is 0.235. The highest BCUT2D eigenvalue weighted by atomic mass is 32.2. The Morgan fingerprint density at radius 3 is 2.50 bits per heavy atom. The van der Waals surface area contributed by atoms with Gasteiger partial charge in [0.25, 0.3) is 0 Å². The Hall–Kier alpha value is -2.54. The lowest BCUT2D eigenvalue weighted by Crippen LogP contribution is -2.18. The van der Waals surface area contributed by atoms with Crippen molar-refractivity contribution in [3.8, 4) is 5.75 Å². The van der Waals surface area contributed by atoms with Crippen LogP contribution in [0.1, 0.15) is 12.5 Å². The van der Waals surface area contributed by atoms with Crippen LogP contribution in [0.5, 0.6) is 5.75 Å². The van der Waals surface area contributed by atoms with Gasteiger partial charge in [-0.2, -0.15) is 0 Å². The van der Waals surface area contributed by atoms with Crippen LogP contribution in [0, 0.1) is 0 Å². The van der Waals surface area contributed by atoms with E-state index in [9.17, 15) is 13.2 Å². The summed E-state index contributed by atoms with van der Waals surface area (Å²) in [6.45, 7) is 1.39. The van der Waals surface area contributed by atoms with Gasteiger partial charge in [0.1, 0.15) is 5.75 Å². The molecule has 0 saturated carbocycles. The number of rotatable bonds is 7. The smallest absolute Gasteiger partial charge is 0.233 e. The Bertz CT molecular complexity index is 819. The molecule has 2 aromatic rings. The van der Waals surface area contributed by atoms with Gasteiger partial charge in [0.15, 0.2) is 0 Å². The minimum atomic E-state index is -3.50. The third-order valence-corrected chi connectivity index (χ3v) is 4.54. The minimum absolute atomic E-state index is 0.0511. The quantitative estimate of drug-likeness (QED) is 0.805. The van der Waals surface area contributed by atoms with Gasteiger partial charge in [-0.05, 0) is 42.3 Å². The number of anilines is 2. The maximum atomic E-state index is 12.2. The molecule has 0 radical (unpaired) electrons. The topological polar surface area (TPSA) is 84.5 Å². The normalized spacial score (nSPS) is 10.9. The number of ether oxygens (including phenoxy) is 1. The van der Waals surface area contributed by atoms with E-state index in [0.717, 1.165) is 5.56 Å². The zero-order valence-corrected chi connectivity index (χ0v) is 14.4. The minimum Gasteiger partial charge on any atom is -0.497 e. The van der Waals surface area contributed by atoms with Gasteiger partial charge in [-0.3, -0.25) is 9.52 Å². The molecule has 0 atom stereocenters. The Labute approximate surface area is 141 Å². The van der Waals surface area contributed by atoms with Gasteiger partial charge in [-0.1, -0.05) is 18.2 Å². The Morgan fingerprint density at radius 2 is 1.79 bits per heavy atom. The van der Waals surface area contributed by atoms with Gasteiger partial charge >= 0.3 is 0 Å². The lowest BCUT2D eigenvalue weighted by molar-refractivity contribution is -0.114. The molecular formula is C17H20N2O4S. The van der Waals surface area contributed by atoms with Crippen molar-refractivity contribution in [3.05, 3.63) is 54.1 Å². The molecule has 2 N–H and O–H groups in total. The summed E-state index contributed by atoms with van der Waals surface area (Å²) in [5.74, 6) is 0.429. The molecule has 2 aromatic carbocycles. The van der Waals surface area contributed by atoms with Crippen LogP contribution in [0.4, 0.5) is 11.4 Å². The van der Waals surface area contributed by atoms with Gasteiger partial charge in [-0.25, -0.2) is 8.42 Å². The summed E-state index contributed by atoms with van der Waals surface area (Å²) < 4.78 is 32.1. The summed E-state index contributed by atoms with van der Waals surface area (Å²) in [6.07, 6.45) is 0.373. The molecule has 2 rings (SSSR count). The van der Waals surface area contributed by atoms with Crippen molar-refractivity contribution in [2.45, 2.75) is 13.3 Å². The van der Waals surface area contributed by atoms with Crippen LogP contribution in [0.3, 0.4) is 0 Å². The number of methoxy groups -OCH3 is 1. The van der Waals surface area contributed by atoms with E-state index in [4.69, 9.17) is 4.74 Å². The van der Waals surface area contributed by atoms with E-state index in [2.05, 4.69) is 10.0 Å². The molecular weight excluding hydrogens is 328 g/mol. The number of benzene rings is 2. The number of hydrogen-bond donors (Lipinski definition) is 2. The lowest BCUT2D eigenvalue weighted by atomic mass is 10.2. The van der Waals surface area contributed by atoms with Crippen molar-refractivity contribution in [2.24, 2.45) is 0 Å². The summed E-state index contributed by atoms with van der Waals surface area (Å²) in [7, 11) is -1.93. The first kappa shape index (κ1) is 17.8. The number of sulfonamides is 1. The molecule has 0 spiro atoms. The monoisotopic (exact) mass is 348 g/mol. The van der Waals surface area contributed by atoms with Crippen molar-refractivity contribution < 1.29 is 17.9 Å². The first-order valence-electron chi connectivity index (χ1n) is 7.39. The fourth-order valence-electron chi connectivity index (χ4n) is 2.17. The lowest BCUT2D eigenvalue weighted by Gasteiger charge is -2.10. The van der Waals surface area contributed by atoms with Crippen LogP contribution in [0.15, 0.2) is 48.5 Å². The number of carbonyl (C=O) groups is 1. The molecule has 0 aliphatic heterocycles. The number of hydrogen-bond acceptors (Lipinski definition) is 4. The average Bonchev–Trinajstić information content (AvgIpc) is 2.52. The first-order chi connectivity index (χ1) is 11.4. The molecule has 0 aliphatic rings. The second-order valence-electron chi connectivity index (χ2n) is 5.28. The molecule has 1 amide bonds. The van der Waals surface area contributed by atoms with Crippen molar-refractivity contribution in [1.29, 1.82) is 0 Å². The van der Waals surface area contributed by atoms with Crippen LogP contribution >= 0.6 is 0 Å². The van der Waals surface area contributed by atoms with Crippen molar-refractivity contribution in [2.75, 3.05) is 22.9 Å². The van der Waals surface area contributed by atoms with Crippen LogP contribution in [0.25, 0.3) is 0 Å². The third kappa shape index (κ3) is 5.58. The molecule has 0 aromatic heterocycles. The van der Waals surface area contributed by atoms with E-state index in [0.29, 0.717) is 23.5 Å². The van der Waals surface area contributed by atoms with E-state index in [1.165, 1.54) is 6.92 Å². The van der Waals surface area contributed by atoms with Crippen LogP contribution in [0.2, 0.25) is 0 Å².